The largest absolute Gasteiger partial charge is 0.490 e. The van der Waals surface area contributed by atoms with E-state index in [2.05, 4.69) is 9.88 Å². The normalized spacial score (nSPS) is 15.7. The molecule has 0 bridgehead atoms. The van der Waals surface area contributed by atoms with Crippen LogP contribution in [-0.4, -0.2) is 47.6 Å². The maximum absolute atomic E-state index is 12.6. The quantitative estimate of drug-likeness (QED) is 0.795. The van der Waals surface area contributed by atoms with Crippen molar-refractivity contribution < 1.29 is 19.1 Å². The summed E-state index contributed by atoms with van der Waals surface area (Å²) in [5.74, 6) is 0.713. The highest BCUT2D eigenvalue weighted by Gasteiger charge is 2.27. The molecule has 1 aromatic carbocycles. The van der Waals surface area contributed by atoms with Crippen molar-refractivity contribution in [3.05, 3.63) is 47.8 Å². The Kier molecular flexibility index (Phi) is 6.23. The predicted molar refractivity (Wildman–Crippen MR) is 106 cm³/mol. The number of nitrogens with one attached hydrogen (secondary N) is 1. The first-order chi connectivity index (χ1) is 13.5. The molecule has 3 rings (SSSR count). The highest BCUT2D eigenvalue weighted by Crippen LogP contribution is 2.28. The first kappa shape index (κ1) is 19.8. The van der Waals surface area contributed by atoms with Gasteiger partial charge in [0, 0.05) is 30.5 Å². The third kappa shape index (κ3) is 4.13. The topological polar surface area (TPSA) is 72.8 Å². The standard InChI is InChI=1S/C21H27N3O4/c1-4-27-18-9-8-16(13-19(18)28-5-2)21(26)22-14-20(25)24-12-11-23-10-6-7-17(23)15(24)3/h6-10,13,15H,4-5,11-12,14H2,1-3H3,(H,22,26). The third-order valence-electron chi connectivity index (χ3n) is 4.87. The Morgan fingerprint density at radius 3 is 2.61 bits per heavy atom. The highest BCUT2D eigenvalue weighted by atomic mass is 16.5. The molecule has 0 saturated heterocycles. The fourth-order valence-electron chi connectivity index (χ4n) is 3.47. The molecule has 1 N–H and O–H groups in total. The van der Waals surface area contributed by atoms with Crippen molar-refractivity contribution in [2.75, 3.05) is 26.3 Å². The van der Waals surface area contributed by atoms with Crippen LogP contribution in [0.2, 0.25) is 0 Å². The second-order valence-electron chi connectivity index (χ2n) is 6.60. The molecule has 1 aromatic heterocycles. The molecule has 7 heteroatoms. The van der Waals surface area contributed by atoms with Crippen molar-refractivity contribution in [2.45, 2.75) is 33.4 Å². The van der Waals surface area contributed by atoms with E-state index in [9.17, 15) is 9.59 Å². The van der Waals surface area contributed by atoms with Crippen LogP contribution in [0.25, 0.3) is 0 Å². The Morgan fingerprint density at radius 2 is 1.86 bits per heavy atom. The molecule has 7 nitrogen and oxygen atoms in total. The number of hydrogen-bond acceptors (Lipinski definition) is 4. The molecule has 0 fully saturated rings. The summed E-state index contributed by atoms with van der Waals surface area (Å²) in [6.07, 6.45) is 2.03. The van der Waals surface area contributed by atoms with Crippen molar-refractivity contribution in [3.8, 4) is 11.5 Å². The molecule has 1 atom stereocenters. The lowest BCUT2D eigenvalue weighted by molar-refractivity contribution is -0.133. The number of ether oxygens (including phenoxy) is 2. The average molecular weight is 385 g/mol. The molecule has 28 heavy (non-hydrogen) atoms. The average Bonchev–Trinajstić information content (AvgIpc) is 3.17. The van der Waals surface area contributed by atoms with E-state index >= 15 is 0 Å². The van der Waals surface area contributed by atoms with Crippen LogP contribution in [-0.2, 0) is 11.3 Å². The number of benzene rings is 1. The second kappa shape index (κ2) is 8.82. The van der Waals surface area contributed by atoms with Crippen LogP contribution in [0.1, 0.15) is 42.9 Å². The van der Waals surface area contributed by atoms with Gasteiger partial charge in [-0.05, 0) is 51.1 Å². The Bertz CT molecular complexity index is 846. The van der Waals surface area contributed by atoms with Gasteiger partial charge in [-0.3, -0.25) is 9.59 Å². The maximum atomic E-state index is 12.6. The molecule has 0 radical (unpaired) electrons. The van der Waals surface area contributed by atoms with Crippen LogP contribution in [0.5, 0.6) is 11.5 Å². The van der Waals surface area contributed by atoms with Gasteiger partial charge in [0.05, 0.1) is 25.8 Å². The number of amides is 2. The summed E-state index contributed by atoms with van der Waals surface area (Å²) in [4.78, 5) is 27.0. The zero-order valence-electron chi connectivity index (χ0n) is 16.6. The molecule has 1 aliphatic rings. The summed E-state index contributed by atoms with van der Waals surface area (Å²) >= 11 is 0. The smallest absolute Gasteiger partial charge is 0.251 e. The van der Waals surface area contributed by atoms with Gasteiger partial charge in [-0.1, -0.05) is 0 Å². The Morgan fingerprint density at radius 1 is 1.11 bits per heavy atom. The van der Waals surface area contributed by atoms with Gasteiger partial charge in [0.2, 0.25) is 5.91 Å². The summed E-state index contributed by atoms with van der Waals surface area (Å²) in [5.41, 5.74) is 1.54. The highest BCUT2D eigenvalue weighted by molar-refractivity contribution is 5.97. The van der Waals surface area contributed by atoms with E-state index in [0.29, 0.717) is 36.8 Å². The fourth-order valence-corrected chi connectivity index (χ4v) is 3.47. The minimum absolute atomic E-state index is 0.0109. The van der Waals surface area contributed by atoms with Crippen molar-refractivity contribution in [3.63, 3.8) is 0 Å². The van der Waals surface area contributed by atoms with Crippen molar-refractivity contribution >= 4 is 11.8 Å². The zero-order valence-corrected chi connectivity index (χ0v) is 16.6. The van der Waals surface area contributed by atoms with Crippen molar-refractivity contribution in [2.24, 2.45) is 0 Å². The van der Waals surface area contributed by atoms with E-state index in [-0.39, 0.29) is 24.4 Å². The van der Waals surface area contributed by atoms with Gasteiger partial charge in [-0.15, -0.1) is 0 Å². The summed E-state index contributed by atoms with van der Waals surface area (Å²) < 4.78 is 13.2. The van der Waals surface area contributed by atoms with E-state index in [0.717, 1.165) is 12.2 Å². The first-order valence-electron chi connectivity index (χ1n) is 9.67. The number of carbonyl (C=O) groups excluding carboxylic acids is 2. The van der Waals surface area contributed by atoms with Crippen molar-refractivity contribution in [1.82, 2.24) is 14.8 Å². The molecular formula is C21H27N3O4. The Labute approximate surface area is 165 Å². The predicted octanol–water partition coefficient (Wildman–Crippen LogP) is 2.62. The number of fused-ring (bicyclic) bond motifs is 1. The van der Waals surface area contributed by atoms with Crippen LogP contribution in [0.3, 0.4) is 0 Å². The van der Waals surface area contributed by atoms with E-state index in [1.807, 2.05) is 39.1 Å². The lowest BCUT2D eigenvalue weighted by Gasteiger charge is -2.35. The second-order valence-corrected chi connectivity index (χ2v) is 6.60. The van der Waals surface area contributed by atoms with Crippen molar-refractivity contribution in [1.29, 1.82) is 0 Å². The van der Waals surface area contributed by atoms with Gasteiger partial charge < -0.3 is 24.3 Å². The van der Waals surface area contributed by atoms with E-state index in [1.165, 1.54) is 0 Å². The first-order valence-corrected chi connectivity index (χ1v) is 9.67. The number of nitrogens with zero attached hydrogens (tertiary/aromatic N) is 2. The van der Waals surface area contributed by atoms with Gasteiger partial charge in [-0.2, -0.15) is 0 Å². The maximum Gasteiger partial charge on any atom is 0.251 e. The number of rotatable bonds is 7. The Hall–Kier alpha value is -2.96. The molecule has 1 unspecified atom stereocenters. The van der Waals surface area contributed by atoms with E-state index in [4.69, 9.17) is 9.47 Å². The van der Waals surface area contributed by atoms with Gasteiger partial charge in [0.15, 0.2) is 11.5 Å². The van der Waals surface area contributed by atoms with Crippen LogP contribution in [0.4, 0.5) is 0 Å². The van der Waals surface area contributed by atoms with Gasteiger partial charge in [0.1, 0.15) is 0 Å². The minimum Gasteiger partial charge on any atom is -0.490 e. The molecule has 2 amide bonds. The van der Waals surface area contributed by atoms with Gasteiger partial charge in [-0.25, -0.2) is 0 Å². The van der Waals surface area contributed by atoms with Crippen LogP contribution in [0.15, 0.2) is 36.5 Å². The number of carbonyl (C=O) groups is 2. The Balaban J connectivity index is 1.62. The minimum atomic E-state index is -0.314. The molecule has 0 saturated carbocycles. The summed E-state index contributed by atoms with van der Waals surface area (Å²) in [7, 11) is 0. The summed E-state index contributed by atoms with van der Waals surface area (Å²) in [6.45, 7) is 8.11. The third-order valence-corrected chi connectivity index (χ3v) is 4.87. The van der Waals surface area contributed by atoms with Gasteiger partial charge >= 0.3 is 0 Å². The molecule has 0 spiro atoms. The lowest BCUT2D eigenvalue weighted by Crippen LogP contribution is -2.45. The summed E-state index contributed by atoms with van der Waals surface area (Å²) in [5, 5.41) is 2.72. The van der Waals surface area contributed by atoms with Crippen LogP contribution < -0.4 is 14.8 Å². The lowest BCUT2D eigenvalue weighted by atomic mass is 10.1. The molecule has 0 aliphatic carbocycles. The fraction of sp³-hybridized carbons (Fsp3) is 0.429. The molecule has 2 aromatic rings. The zero-order chi connectivity index (χ0) is 20.1. The number of hydrogen-bond donors (Lipinski definition) is 1. The van der Waals surface area contributed by atoms with E-state index < -0.39 is 0 Å². The molecule has 1 aliphatic heterocycles. The van der Waals surface area contributed by atoms with Crippen LogP contribution >= 0.6 is 0 Å². The molecule has 150 valence electrons. The number of aromatic nitrogens is 1. The molecular weight excluding hydrogens is 358 g/mol. The van der Waals surface area contributed by atoms with Crippen LogP contribution in [0, 0.1) is 0 Å². The summed E-state index contributed by atoms with van der Waals surface area (Å²) in [6, 6.07) is 9.03. The molecule has 2 heterocycles. The van der Waals surface area contributed by atoms with E-state index in [1.54, 1.807) is 23.1 Å². The monoisotopic (exact) mass is 385 g/mol. The van der Waals surface area contributed by atoms with Gasteiger partial charge in [0.25, 0.3) is 5.91 Å². The SMILES string of the molecule is CCOc1ccc(C(=O)NCC(=O)N2CCn3cccc3C2C)cc1OCC.